The molecular weight excluding hydrogens is 464 g/mol. The molecule has 0 saturated carbocycles. The van der Waals surface area contributed by atoms with Crippen LogP contribution in [0.2, 0.25) is 0 Å². The number of sulfonamides is 1. The largest absolute Gasteiger partial charge is 0.377 e. The summed E-state index contributed by atoms with van der Waals surface area (Å²) >= 11 is 0. The predicted molar refractivity (Wildman–Crippen MR) is 134 cm³/mol. The van der Waals surface area contributed by atoms with E-state index in [9.17, 15) is 18.0 Å². The number of hydrogen-bond donors (Lipinski definition) is 1. The summed E-state index contributed by atoms with van der Waals surface area (Å²) in [4.78, 5) is 26.1. The minimum atomic E-state index is -3.70. The fourth-order valence-corrected chi connectivity index (χ4v) is 5.23. The Morgan fingerprint density at radius 2 is 1.71 bits per heavy atom. The number of likely N-dealkylation sites (N-methyl/N-ethyl adjacent to an activating group) is 1. The molecule has 0 aromatic heterocycles. The van der Waals surface area contributed by atoms with Crippen LogP contribution < -0.4 is 5.32 Å². The van der Waals surface area contributed by atoms with Crippen LogP contribution in [0.3, 0.4) is 0 Å². The van der Waals surface area contributed by atoms with Crippen molar-refractivity contribution in [3.63, 3.8) is 0 Å². The van der Waals surface area contributed by atoms with Gasteiger partial charge in [0.15, 0.2) is 5.78 Å². The van der Waals surface area contributed by atoms with Crippen molar-refractivity contribution >= 4 is 27.4 Å². The fraction of sp³-hybridized carbons (Fsp3) is 0.259. The molecule has 1 atom stereocenters. The van der Waals surface area contributed by atoms with E-state index in [2.05, 4.69) is 5.32 Å². The Labute approximate surface area is 205 Å². The zero-order valence-corrected chi connectivity index (χ0v) is 20.5. The van der Waals surface area contributed by atoms with Gasteiger partial charge in [0.05, 0.1) is 16.7 Å². The number of aryl methyl sites for hydroxylation is 1. The lowest BCUT2D eigenvalue weighted by molar-refractivity contribution is 0.0978. The van der Waals surface area contributed by atoms with Gasteiger partial charge in [-0.25, -0.2) is 8.42 Å². The molecule has 1 aliphatic heterocycles. The highest BCUT2D eigenvalue weighted by Crippen LogP contribution is 2.23. The first-order valence-electron chi connectivity index (χ1n) is 11.5. The second-order valence-corrected chi connectivity index (χ2v) is 10.7. The summed E-state index contributed by atoms with van der Waals surface area (Å²) < 4.78 is 32.6. The van der Waals surface area contributed by atoms with E-state index in [1.807, 2.05) is 19.1 Å². The number of hydrogen-bond acceptors (Lipinski definition) is 5. The van der Waals surface area contributed by atoms with Crippen LogP contribution in [-0.2, 0) is 14.8 Å². The van der Waals surface area contributed by atoms with E-state index in [1.54, 1.807) is 36.4 Å². The third-order valence-corrected chi connectivity index (χ3v) is 7.85. The lowest BCUT2D eigenvalue weighted by atomic mass is 9.99. The van der Waals surface area contributed by atoms with Crippen molar-refractivity contribution in [2.45, 2.75) is 30.8 Å². The van der Waals surface area contributed by atoms with Crippen LogP contribution in [0.15, 0.2) is 77.7 Å². The van der Waals surface area contributed by atoms with Crippen LogP contribution >= 0.6 is 0 Å². The summed E-state index contributed by atoms with van der Waals surface area (Å²) in [6, 6.07) is 19.9. The highest BCUT2D eigenvalue weighted by atomic mass is 32.2. The Hall–Kier alpha value is -3.33. The molecule has 1 amide bonds. The number of ketones is 1. The molecule has 1 heterocycles. The molecule has 1 fully saturated rings. The third kappa shape index (κ3) is 5.67. The Morgan fingerprint density at radius 1 is 1.00 bits per heavy atom. The predicted octanol–water partition coefficient (Wildman–Crippen LogP) is 4.28. The number of carbonyl (C=O) groups is 2. The van der Waals surface area contributed by atoms with Gasteiger partial charge in [0.2, 0.25) is 10.0 Å². The Bertz CT molecular complexity index is 1320. The number of benzene rings is 3. The van der Waals surface area contributed by atoms with Gasteiger partial charge in [-0.15, -0.1) is 0 Å². The Morgan fingerprint density at radius 3 is 2.37 bits per heavy atom. The highest BCUT2D eigenvalue weighted by Gasteiger charge is 2.26. The minimum absolute atomic E-state index is 0.0953. The van der Waals surface area contributed by atoms with E-state index in [4.69, 9.17) is 4.74 Å². The number of amides is 1. The number of nitrogens with one attached hydrogen (secondary N) is 1. The van der Waals surface area contributed by atoms with Gasteiger partial charge < -0.3 is 10.1 Å². The number of rotatable bonds is 8. The summed E-state index contributed by atoms with van der Waals surface area (Å²) in [5.41, 5.74) is 2.48. The average Bonchev–Trinajstić information content (AvgIpc) is 3.38. The van der Waals surface area contributed by atoms with Gasteiger partial charge in [0, 0.05) is 36.9 Å². The van der Waals surface area contributed by atoms with Crippen molar-refractivity contribution in [2.75, 3.05) is 25.5 Å². The summed E-state index contributed by atoms with van der Waals surface area (Å²) in [7, 11) is -2.18. The standard InChI is InChI=1S/C27H28N2O5S/c1-19-10-15-25(24(17-19)26(30)20-7-4-3-5-8-20)28-27(31)21-11-13-23(14-12-21)35(32,33)29(2)18-22-9-6-16-34-22/h3-5,7-8,10-15,17,22H,6,9,16,18H2,1-2H3,(H,28,31). The topological polar surface area (TPSA) is 92.8 Å². The van der Waals surface area contributed by atoms with Crippen molar-refractivity contribution in [2.24, 2.45) is 0 Å². The number of ether oxygens (including phenoxy) is 1. The zero-order chi connectivity index (χ0) is 25.0. The summed E-state index contributed by atoms with van der Waals surface area (Å²) in [5.74, 6) is -0.632. The monoisotopic (exact) mass is 492 g/mol. The fourth-order valence-electron chi connectivity index (χ4n) is 4.03. The van der Waals surface area contributed by atoms with Crippen molar-refractivity contribution < 1.29 is 22.7 Å². The molecule has 1 saturated heterocycles. The maximum atomic E-state index is 13.0. The first kappa shape index (κ1) is 24.8. The van der Waals surface area contributed by atoms with Crippen LogP contribution in [0.5, 0.6) is 0 Å². The van der Waals surface area contributed by atoms with Crippen molar-refractivity contribution in [1.29, 1.82) is 0 Å². The first-order chi connectivity index (χ1) is 16.8. The quantitative estimate of drug-likeness (QED) is 0.474. The normalized spacial score (nSPS) is 15.8. The third-order valence-electron chi connectivity index (χ3n) is 6.01. The molecule has 0 radical (unpaired) electrons. The highest BCUT2D eigenvalue weighted by molar-refractivity contribution is 7.89. The second-order valence-electron chi connectivity index (χ2n) is 8.64. The van der Waals surface area contributed by atoms with E-state index in [1.165, 1.54) is 35.6 Å². The lowest BCUT2D eigenvalue weighted by Gasteiger charge is -2.20. The summed E-state index contributed by atoms with van der Waals surface area (Å²) in [6.45, 7) is 2.82. The van der Waals surface area contributed by atoms with Crippen LogP contribution in [0.4, 0.5) is 5.69 Å². The van der Waals surface area contributed by atoms with Crippen molar-refractivity contribution in [3.05, 3.63) is 95.1 Å². The molecule has 8 heteroatoms. The Kier molecular flexibility index (Phi) is 7.45. The smallest absolute Gasteiger partial charge is 0.255 e. The number of anilines is 1. The van der Waals surface area contributed by atoms with Crippen LogP contribution in [0.25, 0.3) is 0 Å². The van der Waals surface area contributed by atoms with Gasteiger partial charge in [-0.1, -0.05) is 42.0 Å². The molecule has 0 bridgehead atoms. The lowest BCUT2D eigenvalue weighted by Crippen LogP contribution is -2.34. The number of nitrogens with zero attached hydrogens (tertiary/aromatic N) is 1. The molecule has 1 N–H and O–H groups in total. The molecule has 0 aliphatic carbocycles. The molecule has 182 valence electrons. The minimum Gasteiger partial charge on any atom is -0.377 e. The maximum absolute atomic E-state index is 13.0. The van der Waals surface area contributed by atoms with Gasteiger partial charge in [-0.3, -0.25) is 9.59 Å². The van der Waals surface area contributed by atoms with E-state index in [-0.39, 0.29) is 28.9 Å². The van der Waals surface area contributed by atoms with Crippen LogP contribution in [-0.4, -0.2) is 50.7 Å². The average molecular weight is 493 g/mol. The molecule has 4 rings (SSSR count). The SMILES string of the molecule is Cc1ccc(NC(=O)c2ccc(S(=O)(=O)N(C)CC3CCCO3)cc2)c(C(=O)c2ccccc2)c1. The number of carbonyl (C=O) groups excluding carboxylic acids is 2. The van der Waals surface area contributed by atoms with Gasteiger partial charge in [0.25, 0.3) is 5.91 Å². The molecular formula is C27H28N2O5S. The Balaban J connectivity index is 1.51. The molecule has 3 aromatic rings. The molecule has 35 heavy (non-hydrogen) atoms. The summed E-state index contributed by atoms with van der Waals surface area (Å²) in [5, 5.41) is 2.80. The van der Waals surface area contributed by atoms with Crippen molar-refractivity contribution in [3.8, 4) is 0 Å². The second kappa shape index (κ2) is 10.5. The summed E-state index contributed by atoms with van der Waals surface area (Å²) in [6.07, 6.45) is 1.68. The maximum Gasteiger partial charge on any atom is 0.255 e. The van der Waals surface area contributed by atoms with Gasteiger partial charge in [0.1, 0.15) is 0 Å². The van der Waals surface area contributed by atoms with E-state index in [0.717, 1.165) is 18.4 Å². The zero-order valence-electron chi connectivity index (χ0n) is 19.7. The van der Waals surface area contributed by atoms with Gasteiger partial charge in [-0.2, -0.15) is 4.31 Å². The molecule has 7 nitrogen and oxygen atoms in total. The van der Waals surface area contributed by atoms with E-state index >= 15 is 0 Å². The molecule has 1 unspecified atom stereocenters. The molecule has 3 aromatic carbocycles. The van der Waals surface area contributed by atoms with E-state index in [0.29, 0.717) is 23.4 Å². The van der Waals surface area contributed by atoms with E-state index < -0.39 is 15.9 Å². The van der Waals surface area contributed by atoms with Crippen LogP contribution in [0, 0.1) is 6.92 Å². The van der Waals surface area contributed by atoms with Gasteiger partial charge >= 0.3 is 0 Å². The van der Waals surface area contributed by atoms with Gasteiger partial charge in [-0.05, 0) is 56.2 Å². The van der Waals surface area contributed by atoms with Crippen molar-refractivity contribution in [1.82, 2.24) is 4.31 Å². The van der Waals surface area contributed by atoms with Crippen LogP contribution in [0.1, 0.15) is 44.7 Å². The first-order valence-corrected chi connectivity index (χ1v) is 12.9. The molecule has 1 aliphatic rings. The molecule has 0 spiro atoms.